The molecule has 4 rings (SSSR count). The van der Waals surface area contributed by atoms with E-state index in [1.165, 1.54) is 39.4 Å². The van der Waals surface area contributed by atoms with Crippen molar-refractivity contribution in [3.05, 3.63) is 89.7 Å². The van der Waals surface area contributed by atoms with E-state index in [1.54, 1.807) is 0 Å². The Bertz CT molecular complexity index is 1030. The average Bonchev–Trinajstić information content (AvgIpc) is 2.90. The molecule has 1 aromatic heterocycles. The number of imidazole rings is 1. The maximum atomic E-state index is 2.37. The lowest BCUT2D eigenvalue weighted by atomic mass is 10.1. The molecule has 4 aromatic rings. The Morgan fingerprint density at radius 1 is 0.708 bits per heavy atom. The minimum Gasteiger partial charge on any atom is -0.192 e. The Morgan fingerprint density at radius 2 is 1.42 bits per heavy atom. The Morgan fingerprint density at radius 3 is 2.21 bits per heavy atom. The van der Waals surface area contributed by atoms with E-state index in [0.29, 0.717) is 0 Å². The van der Waals surface area contributed by atoms with E-state index in [0.717, 1.165) is 0 Å². The Labute approximate surface area is 142 Å². The lowest BCUT2D eigenvalue weighted by Gasteiger charge is -2.07. The second-order valence-corrected chi connectivity index (χ2v) is 6.26. The van der Waals surface area contributed by atoms with E-state index in [-0.39, 0.29) is 0 Å². The van der Waals surface area contributed by atoms with Crippen LogP contribution < -0.4 is 4.57 Å². The van der Waals surface area contributed by atoms with E-state index < -0.39 is 0 Å². The van der Waals surface area contributed by atoms with Crippen LogP contribution in [-0.2, 0) is 0 Å². The zero-order chi connectivity index (χ0) is 16.7. The fraction of sp³-hybridized carbons (Fsp3) is 0.136. The van der Waals surface area contributed by atoms with Gasteiger partial charge in [-0.25, -0.2) is 0 Å². The molecular formula is C22H21N2+. The molecule has 0 fully saturated rings. The predicted octanol–water partition coefficient (Wildman–Crippen LogP) is 4.83. The van der Waals surface area contributed by atoms with Gasteiger partial charge in [0.1, 0.15) is 11.4 Å². The van der Waals surface area contributed by atoms with Crippen molar-refractivity contribution in [2.75, 3.05) is 0 Å². The molecule has 24 heavy (non-hydrogen) atoms. The van der Waals surface area contributed by atoms with Crippen molar-refractivity contribution in [1.29, 1.82) is 0 Å². The van der Waals surface area contributed by atoms with Crippen molar-refractivity contribution in [3.8, 4) is 11.4 Å². The Kier molecular flexibility index (Phi) is 3.46. The van der Waals surface area contributed by atoms with Crippen LogP contribution in [0.2, 0.25) is 0 Å². The van der Waals surface area contributed by atoms with Crippen molar-refractivity contribution in [2.45, 2.75) is 20.8 Å². The van der Waals surface area contributed by atoms with E-state index in [9.17, 15) is 0 Å². The fourth-order valence-corrected chi connectivity index (χ4v) is 3.48. The van der Waals surface area contributed by atoms with Gasteiger partial charge in [-0.05, 0) is 55.3 Å². The van der Waals surface area contributed by atoms with Gasteiger partial charge < -0.3 is 0 Å². The van der Waals surface area contributed by atoms with Gasteiger partial charge in [-0.15, -0.1) is 0 Å². The summed E-state index contributed by atoms with van der Waals surface area (Å²) in [6.07, 6.45) is 0. The second kappa shape index (κ2) is 5.64. The highest BCUT2D eigenvalue weighted by atomic mass is 15.2. The number of para-hydroxylation sites is 3. The van der Waals surface area contributed by atoms with Gasteiger partial charge in [-0.1, -0.05) is 42.5 Å². The number of aromatic nitrogens is 2. The van der Waals surface area contributed by atoms with E-state index in [4.69, 9.17) is 0 Å². The van der Waals surface area contributed by atoms with Crippen LogP contribution in [0.5, 0.6) is 0 Å². The van der Waals surface area contributed by atoms with Crippen LogP contribution in [0.3, 0.4) is 0 Å². The van der Waals surface area contributed by atoms with Crippen LogP contribution in [0.1, 0.15) is 17.0 Å². The first-order valence-electron chi connectivity index (χ1n) is 8.32. The van der Waals surface area contributed by atoms with E-state index in [1.807, 2.05) is 0 Å². The van der Waals surface area contributed by atoms with Crippen LogP contribution in [0, 0.1) is 20.8 Å². The number of nitrogens with zero attached hydrogens (tertiary/aromatic N) is 2. The SMILES string of the molecule is Cc1cccc(-[n+]2c(C)n(-c3ccccc3)c3ccccc32)c1C. The third-order valence-electron chi connectivity index (χ3n) is 4.84. The van der Waals surface area contributed by atoms with Crippen molar-refractivity contribution in [2.24, 2.45) is 0 Å². The summed E-state index contributed by atoms with van der Waals surface area (Å²) in [5, 5.41) is 0. The highest BCUT2D eigenvalue weighted by molar-refractivity contribution is 5.75. The number of hydrogen-bond acceptors (Lipinski definition) is 0. The highest BCUT2D eigenvalue weighted by Gasteiger charge is 2.25. The average molecular weight is 313 g/mol. The molecule has 0 unspecified atom stereocenters. The monoisotopic (exact) mass is 313 g/mol. The summed E-state index contributed by atoms with van der Waals surface area (Å²) in [5.41, 5.74) is 7.53. The number of hydrogen-bond donors (Lipinski definition) is 0. The second-order valence-electron chi connectivity index (χ2n) is 6.26. The Hall–Kier alpha value is -2.87. The summed E-state index contributed by atoms with van der Waals surface area (Å²) >= 11 is 0. The van der Waals surface area contributed by atoms with E-state index in [2.05, 4.69) is 103 Å². The normalized spacial score (nSPS) is 11.1. The van der Waals surface area contributed by atoms with Crippen LogP contribution in [0.15, 0.2) is 72.8 Å². The topological polar surface area (TPSA) is 8.81 Å². The molecule has 2 heteroatoms. The minimum absolute atomic E-state index is 1.19. The maximum Gasteiger partial charge on any atom is 0.264 e. The zero-order valence-corrected chi connectivity index (χ0v) is 14.3. The van der Waals surface area contributed by atoms with Crippen molar-refractivity contribution < 1.29 is 4.57 Å². The zero-order valence-electron chi connectivity index (χ0n) is 14.3. The molecule has 0 spiro atoms. The standard InChI is InChI=1S/C22H21N2/c1-16-10-9-15-20(17(16)2)24-18(3)23(19-11-5-4-6-12-19)21-13-7-8-14-22(21)24/h4-15H,1-3H3/q+1. The molecule has 0 N–H and O–H groups in total. The summed E-state index contributed by atoms with van der Waals surface area (Å²) in [5.74, 6) is 1.20. The van der Waals surface area contributed by atoms with Gasteiger partial charge in [0, 0.05) is 6.92 Å². The van der Waals surface area contributed by atoms with Gasteiger partial charge in [0.2, 0.25) is 0 Å². The number of aryl methyl sites for hydroxylation is 1. The molecule has 118 valence electrons. The first-order chi connectivity index (χ1) is 11.7. The third kappa shape index (κ3) is 2.15. The van der Waals surface area contributed by atoms with Gasteiger partial charge >= 0.3 is 0 Å². The molecule has 0 radical (unpaired) electrons. The van der Waals surface area contributed by atoms with Gasteiger partial charge in [0.15, 0.2) is 11.0 Å². The summed E-state index contributed by atoms with van der Waals surface area (Å²) in [6, 6.07) is 25.7. The summed E-state index contributed by atoms with van der Waals surface area (Å²) in [6.45, 7) is 6.56. The minimum atomic E-state index is 1.19. The number of rotatable bonds is 2. The molecule has 1 heterocycles. The summed E-state index contributed by atoms with van der Waals surface area (Å²) < 4.78 is 4.70. The first-order valence-corrected chi connectivity index (χ1v) is 8.32. The van der Waals surface area contributed by atoms with Crippen molar-refractivity contribution in [3.63, 3.8) is 0 Å². The number of benzene rings is 3. The molecule has 0 saturated carbocycles. The van der Waals surface area contributed by atoms with Crippen LogP contribution >= 0.6 is 0 Å². The smallest absolute Gasteiger partial charge is 0.192 e. The van der Waals surface area contributed by atoms with Crippen LogP contribution in [0.4, 0.5) is 0 Å². The van der Waals surface area contributed by atoms with Crippen LogP contribution in [-0.4, -0.2) is 4.57 Å². The summed E-state index contributed by atoms with van der Waals surface area (Å²) in [4.78, 5) is 0. The molecule has 0 aliphatic rings. The maximum absolute atomic E-state index is 2.37. The molecule has 0 amide bonds. The quantitative estimate of drug-likeness (QED) is 0.469. The highest BCUT2D eigenvalue weighted by Crippen LogP contribution is 2.23. The molecule has 0 saturated heterocycles. The molecule has 0 bridgehead atoms. The van der Waals surface area contributed by atoms with Gasteiger partial charge in [-0.3, -0.25) is 0 Å². The predicted molar refractivity (Wildman–Crippen MR) is 99.0 cm³/mol. The van der Waals surface area contributed by atoms with Crippen molar-refractivity contribution in [1.82, 2.24) is 4.57 Å². The van der Waals surface area contributed by atoms with Crippen molar-refractivity contribution >= 4 is 11.0 Å². The Balaban J connectivity index is 2.12. The van der Waals surface area contributed by atoms with Gasteiger partial charge in [0.05, 0.1) is 0 Å². The lowest BCUT2D eigenvalue weighted by Crippen LogP contribution is -2.34. The van der Waals surface area contributed by atoms with Gasteiger partial charge in [-0.2, -0.15) is 9.13 Å². The molecule has 0 aliphatic carbocycles. The third-order valence-corrected chi connectivity index (χ3v) is 4.84. The molecular weight excluding hydrogens is 292 g/mol. The number of fused-ring (bicyclic) bond motifs is 1. The molecule has 0 aliphatic heterocycles. The lowest BCUT2D eigenvalue weighted by molar-refractivity contribution is -0.575. The molecule has 0 atom stereocenters. The van der Waals surface area contributed by atoms with E-state index >= 15 is 0 Å². The van der Waals surface area contributed by atoms with Crippen LogP contribution in [0.25, 0.3) is 22.4 Å². The molecule has 2 nitrogen and oxygen atoms in total. The molecule has 3 aromatic carbocycles. The largest absolute Gasteiger partial charge is 0.264 e. The summed E-state index contributed by atoms with van der Waals surface area (Å²) in [7, 11) is 0. The fourth-order valence-electron chi connectivity index (χ4n) is 3.48. The van der Waals surface area contributed by atoms with Gasteiger partial charge in [0.25, 0.3) is 5.82 Å². The first kappa shape index (κ1) is 14.7.